The molecule has 0 radical (unpaired) electrons. The fourth-order valence-corrected chi connectivity index (χ4v) is 3.20. The number of nitrogens with zero attached hydrogens (tertiary/aromatic N) is 1. The minimum atomic E-state index is -0.162. The lowest BCUT2D eigenvalue weighted by atomic mass is 9.73. The fourth-order valence-electron chi connectivity index (χ4n) is 3.20. The van der Waals surface area contributed by atoms with Crippen LogP contribution in [0.1, 0.15) is 64.7 Å². The zero-order chi connectivity index (χ0) is 14.3. The summed E-state index contributed by atoms with van der Waals surface area (Å²) >= 11 is 0. The number of hydrogen-bond acceptors (Lipinski definition) is 2. The van der Waals surface area contributed by atoms with Crippen molar-refractivity contribution in [1.82, 2.24) is 4.90 Å². The molecule has 0 aliphatic heterocycles. The Balaban J connectivity index is 2.47. The maximum Gasteiger partial charge on any atom is 0.153 e. The number of likely N-dealkylation sites (N-methyl/N-ethyl adjacent to an activating group) is 1. The van der Waals surface area contributed by atoms with Gasteiger partial charge in [0, 0.05) is 6.42 Å². The van der Waals surface area contributed by atoms with Gasteiger partial charge in [-0.05, 0) is 65.0 Å². The van der Waals surface area contributed by atoms with Gasteiger partial charge in [0.1, 0.15) is 0 Å². The van der Waals surface area contributed by atoms with Gasteiger partial charge in [-0.3, -0.25) is 9.69 Å². The lowest BCUT2D eigenvalue weighted by Gasteiger charge is -2.43. The molecule has 2 nitrogen and oxygen atoms in total. The Hall–Kier alpha value is -0.630. The molecule has 1 fully saturated rings. The highest BCUT2D eigenvalue weighted by atomic mass is 16.1. The maximum atomic E-state index is 12.6. The highest BCUT2D eigenvalue weighted by Crippen LogP contribution is 2.37. The average Bonchev–Trinajstić information content (AvgIpc) is 2.39. The van der Waals surface area contributed by atoms with Crippen molar-refractivity contribution in [3.63, 3.8) is 0 Å². The van der Waals surface area contributed by atoms with Gasteiger partial charge >= 0.3 is 0 Å². The van der Waals surface area contributed by atoms with Crippen LogP contribution in [0.25, 0.3) is 0 Å². The Bertz CT molecular complexity index is 288. The topological polar surface area (TPSA) is 20.3 Å². The Morgan fingerprint density at radius 2 is 1.89 bits per heavy atom. The maximum absolute atomic E-state index is 12.6. The van der Waals surface area contributed by atoms with Crippen LogP contribution in [0.2, 0.25) is 0 Å². The monoisotopic (exact) mass is 265 g/mol. The molecule has 110 valence electrons. The number of rotatable bonds is 8. The van der Waals surface area contributed by atoms with Crippen LogP contribution in [0.15, 0.2) is 12.7 Å². The van der Waals surface area contributed by atoms with Gasteiger partial charge in [-0.15, -0.1) is 6.58 Å². The van der Waals surface area contributed by atoms with Crippen LogP contribution in [0.4, 0.5) is 0 Å². The van der Waals surface area contributed by atoms with E-state index in [1.165, 1.54) is 19.3 Å². The predicted octanol–water partition coefficient (Wildman–Crippen LogP) is 4.20. The summed E-state index contributed by atoms with van der Waals surface area (Å²) in [6.45, 7) is 6.04. The summed E-state index contributed by atoms with van der Waals surface area (Å²) in [5, 5.41) is 0. The molecule has 0 N–H and O–H groups in total. The van der Waals surface area contributed by atoms with E-state index in [0.29, 0.717) is 5.78 Å². The summed E-state index contributed by atoms with van der Waals surface area (Å²) in [5.74, 6) is 1.26. The first-order chi connectivity index (χ1) is 9.03. The number of unbranched alkanes of at least 4 members (excludes halogenated alkanes) is 3. The predicted molar refractivity (Wildman–Crippen MR) is 82.3 cm³/mol. The zero-order valence-electron chi connectivity index (χ0n) is 13.1. The molecule has 19 heavy (non-hydrogen) atoms. The van der Waals surface area contributed by atoms with Gasteiger partial charge < -0.3 is 0 Å². The SMILES string of the molecule is C=CCCCCCC(=O)C1(N(C)C)CCC(C)CC1. The molecule has 1 saturated carbocycles. The molecule has 1 rings (SSSR count). The van der Waals surface area contributed by atoms with Gasteiger partial charge in [0.15, 0.2) is 5.78 Å². The third-order valence-electron chi connectivity index (χ3n) is 4.79. The van der Waals surface area contributed by atoms with E-state index in [0.717, 1.165) is 44.4 Å². The van der Waals surface area contributed by atoms with Crippen molar-refractivity contribution in [1.29, 1.82) is 0 Å². The quantitative estimate of drug-likeness (QED) is 0.484. The van der Waals surface area contributed by atoms with Crippen molar-refractivity contribution < 1.29 is 4.79 Å². The third-order valence-corrected chi connectivity index (χ3v) is 4.79. The van der Waals surface area contributed by atoms with E-state index >= 15 is 0 Å². The zero-order valence-corrected chi connectivity index (χ0v) is 13.1. The summed E-state index contributed by atoms with van der Waals surface area (Å²) in [6, 6.07) is 0. The second kappa shape index (κ2) is 7.84. The fraction of sp³-hybridized carbons (Fsp3) is 0.824. The van der Waals surface area contributed by atoms with Crippen molar-refractivity contribution in [3.05, 3.63) is 12.7 Å². The van der Waals surface area contributed by atoms with Gasteiger partial charge in [-0.1, -0.05) is 19.4 Å². The van der Waals surface area contributed by atoms with Crippen LogP contribution in [-0.2, 0) is 4.79 Å². The first-order valence-corrected chi connectivity index (χ1v) is 7.84. The van der Waals surface area contributed by atoms with E-state index in [4.69, 9.17) is 0 Å². The minimum Gasteiger partial charge on any atom is -0.298 e. The van der Waals surface area contributed by atoms with Gasteiger partial charge in [-0.2, -0.15) is 0 Å². The molecule has 0 saturated heterocycles. The molecule has 0 bridgehead atoms. The normalized spacial score (nSPS) is 27.5. The smallest absolute Gasteiger partial charge is 0.153 e. The first kappa shape index (κ1) is 16.4. The van der Waals surface area contributed by atoms with Gasteiger partial charge in [0.2, 0.25) is 0 Å². The second-order valence-corrected chi connectivity index (χ2v) is 6.42. The molecule has 0 unspecified atom stereocenters. The highest BCUT2D eigenvalue weighted by Gasteiger charge is 2.41. The molecule has 0 aromatic heterocycles. The summed E-state index contributed by atoms with van der Waals surface area (Å²) in [4.78, 5) is 14.8. The largest absolute Gasteiger partial charge is 0.298 e. The molecule has 1 aliphatic rings. The Labute approximate surface area is 119 Å². The number of carbonyl (C=O) groups is 1. The number of hydrogen-bond donors (Lipinski definition) is 0. The molecule has 0 aromatic carbocycles. The van der Waals surface area contributed by atoms with E-state index in [1.807, 2.05) is 6.08 Å². The van der Waals surface area contributed by atoms with Crippen LogP contribution in [0, 0.1) is 5.92 Å². The van der Waals surface area contributed by atoms with E-state index in [-0.39, 0.29) is 5.54 Å². The molecule has 0 atom stereocenters. The molecular weight excluding hydrogens is 234 g/mol. The first-order valence-electron chi connectivity index (χ1n) is 7.84. The molecule has 2 heteroatoms. The molecule has 0 aromatic rings. The Kier molecular flexibility index (Phi) is 6.78. The third kappa shape index (κ3) is 4.45. The second-order valence-electron chi connectivity index (χ2n) is 6.42. The standard InChI is InChI=1S/C17H31NO/c1-5-6-7-8-9-10-16(19)17(18(3)4)13-11-15(2)12-14-17/h5,15H,1,6-14H2,2-4H3. The van der Waals surface area contributed by atoms with Crippen LogP contribution >= 0.6 is 0 Å². The van der Waals surface area contributed by atoms with Crippen LogP contribution < -0.4 is 0 Å². The Morgan fingerprint density at radius 1 is 1.26 bits per heavy atom. The molecule has 0 spiro atoms. The van der Waals surface area contributed by atoms with Crippen LogP contribution in [0.3, 0.4) is 0 Å². The van der Waals surface area contributed by atoms with Crippen molar-refractivity contribution >= 4 is 5.78 Å². The van der Waals surface area contributed by atoms with Crippen LogP contribution in [-0.4, -0.2) is 30.3 Å². The summed E-state index contributed by atoms with van der Waals surface area (Å²) in [6.07, 6.45) is 11.6. The summed E-state index contributed by atoms with van der Waals surface area (Å²) in [5.41, 5.74) is -0.162. The molecule has 1 aliphatic carbocycles. The van der Waals surface area contributed by atoms with Crippen molar-refractivity contribution in [2.45, 2.75) is 70.3 Å². The lowest BCUT2D eigenvalue weighted by Crippen LogP contribution is -2.53. The number of Topliss-reactive ketones (excluding diaryl/α,β-unsaturated/α-hetero) is 1. The van der Waals surface area contributed by atoms with Crippen molar-refractivity contribution in [2.75, 3.05) is 14.1 Å². The summed E-state index contributed by atoms with van der Waals surface area (Å²) in [7, 11) is 4.15. The van der Waals surface area contributed by atoms with E-state index in [1.54, 1.807) is 0 Å². The summed E-state index contributed by atoms with van der Waals surface area (Å²) < 4.78 is 0. The minimum absolute atomic E-state index is 0.162. The lowest BCUT2D eigenvalue weighted by molar-refractivity contribution is -0.132. The number of carbonyl (C=O) groups excluding carboxylic acids is 1. The molecule has 0 heterocycles. The number of allylic oxidation sites excluding steroid dienone is 1. The van der Waals surface area contributed by atoms with E-state index in [2.05, 4.69) is 32.5 Å². The highest BCUT2D eigenvalue weighted by molar-refractivity contribution is 5.88. The van der Waals surface area contributed by atoms with Crippen molar-refractivity contribution in [2.24, 2.45) is 5.92 Å². The van der Waals surface area contributed by atoms with Gasteiger partial charge in [0.25, 0.3) is 0 Å². The van der Waals surface area contributed by atoms with Crippen LogP contribution in [0.5, 0.6) is 0 Å². The van der Waals surface area contributed by atoms with Crippen molar-refractivity contribution in [3.8, 4) is 0 Å². The van der Waals surface area contributed by atoms with E-state index in [9.17, 15) is 4.79 Å². The number of ketones is 1. The molecule has 0 amide bonds. The Morgan fingerprint density at radius 3 is 2.42 bits per heavy atom. The van der Waals surface area contributed by atoms with Gasteiger partial charge in [0.05, 0.1) is 5.54 Å². The average molecular weight is 265 g/mol. The van der Waals surface area contributed by atoms with E-state index < -0.39 is 0 Å². The van der Waals surface area contributed by atoms with Gasteiger partial charge in [-0.25, -0.2) is 0 Å². The molecular formula is C17H31NO.